The Morgan fingerprint density at radius 3 is 2.29 bits per heavy atom. The Morgan fingerprint density at radius 1 is 1.29 bits per heavy atom. The minimum absolute atomic E-state index is 0.216. The Kier molecular flexibility index (Phi) is 5.40. The third-order valence-corrected chi connectivity index (χ3v) is 5.23. The van der Waals surface area contributed by atoms with Crippen molar-refractivity contribution in [2.24, 2.45) is 0 Å². The smallest absolute Gasteiger partial charge is 0.392 e. The molecule has 0 aliphatic heterocycles. The van der Waals surface area contributed by atoms with Crippen LogP contribution in [0.15, 0.2) is 23.1 Å². The molecule has 8 heteroatoms. The fourth-order valence-electron chi connectivity index (χ4n) is 1.96. The van der Waals surface area contributed by atoms with E-state index in [2.05, 4.69) is 0 Å². The number of sulfonamides is 1. The molecule has 1 aromatic rings. The molecule has 0 bridgehead atoms. The molecule has 0 saturated carbocycles. The second-order valence-corrected chi connectivity index (χ2v) is 6.82. The van der Waals surface area contributed by atoms with Crippen LogP contribution in [0, 0.1) is 6.92 Å². The molecular formula is C13H18F3NO3S. The van der Waals surface area contributed by atoms with Gasteiger partial charge in [0, 0.05) is 6.04 Å². The summed E-state index contributed by atoms with van der Waals surface area (Å²) in [5.41, 5.74) is 0.625. The zero-order valence-electron chi connectivity index (χ0n) is 12.0. The summed E-state index contributed by atoms with van der Waals surface area (Å²) in [4.78, 5) is -0.216. The molecule has 4 nitrogen and oxygen atoms in total. The summed E-state index contributed by atoms with van der Waals surface area (Å²) in [5.74, 6) is 0. The highest BCUT2D eigenvalue weighted by Crippen LogP contribution is 2.27. The molecule has 21 heavy (non-hydrogen) atoms. The topological polar surface area (TPSA) is 57.6 Å². The zero-order chi connectivity index (χ0) is 16.4. The maximum Gasteiger partial charge on any atom is 0.402 e. The molecule has 1 rings (SSSR count). The van der Waals surface area contributed by atoms with Crippen molar-refractivity contribution in [1.29, 1.82) is 0 Å². The van der Waals surface area contributed by atoms with Crippen LogP contribution in [-0.4, -0.2) is 36.6 Å². The van der Waals surface area contributed by atoms with Gasteiger partial charge >= 0.3 is 6.18 Å². The van der Waals surface area contributed by atoms with Gasteiger partial charge in [-0.1, -0.05) is 12.1 Å². The summed E-state index contributed by atoms with van der Waals surface area (Å²) in [7, 11) is -4.29. The Labute approximate surface area is 122 Å². The number of aliphatic hydroxyl groups is 1. The van der Waals surface area contributed by atoms with Crippen molar-refractivity contribution in [3.63, 3.8) is 0 Å². The van der Waals surface area contributed by atoms with E-state index in [1.54, 1.807) is 0 Å². The molecule has 0 aliphatic carbocycles. The van der Waals surface area contributed by atoms with E-state index in [9.17, 15) is 21.6 Å². The van der Waals surface area contributed by atoms with Crippen molar-refractivity contribution >= 4 is 10.0 Å². The Balaban J connectivity index is 3.37. The lowest BCUT2D eigenvalue weighted by molar-refractivity contribution is -0.138. The number of alkyl halides is 3. The fourth-order valence-corrected chi connectivity index (χ4v) is 3.85. The molecular weight excluding hydrogens is 307 g/mol. The minimum Gasteiger partial charge on any atom is -0.392 e. The first-order valence-electron chi connectivity index (χ1n) is 6.28. The van der Waals surface area contributed by atoms with Gasteiger partial charge < -0.3 is 5.11 Å². The monoisotopic (exact) mass is 325 g/mol. The first kappa shape index (κ1) is 17.9. The first-order chi connectivity index (χ1) is 9.50. The van der Waals surface area contributed by atoms with Crippen LogP contribution in [0.4, 0.5) is 13.2 Å². The number of hydrogen-bond acceptors (Lipinski definition) is 3. The van der Waals surface area contributed by atoms with Crippen molar-refractivity contribution < 1.29 is 26.7 Å². The highest BCUT2D eigenvalue weighted by atomic mass is 32.2. The van der Waals surface area contributed by atoms with Gasteiger partial charge in [0.1, 0.15) is 6.54 Å². The van der Waals surface area contributed by atoms with Gasteiger partial charge in [0.2, 0.25) is 10.0 Å². The molecule has 0 fully saturated rings. The van der Waals surface area contributed by atoms with Crippen molar-refractivity contribution in [1.82, 2.24) is 4.31 Å². The van der Waals surface area contributed by atoms with E-state index >= 15 is 0 Å². The van der Waals surface area contributed by atoms with Crippen LogP contribution in [0.2, 0.25) is 0 Å². The van der Waals surface area contributed by atoms with E-state index in [1.165, 1.54) is 39.0 Å². The molecule has 0 radical (unpaired) electrons. The van der Waals surface area contributed by atoms with Gasteiger partial charge in [-0.05, 0) is 38.0 Å². The fraction of sp³-hybridized carbons (Fsp3) is 0.538. The molecule has 0 aliphatic rings. The molecule has 1 aromatic carbocycles. The summed E-state index contributed by atoms with van der Waals surface area (Å²) in [6, 6.07) is 3.33. The second-order valence-electron chi connectivity index (χ2n) is 4.96. The molecule has 0 aromatic heterocycles. The largest absolute Gasteiger partial charge is 0.402 e. The van der Waals surface area contributed by atoms with Crippen LogP contribution in [0.3, 0.4) is 0 Å². The SMILES string of the molecule is Cc1c(CO)cccc1S(=O)(=O)N(CC(F)(F)F)C(C)C. The summed E-state index contributed by atoms with van der Waals surface area (Å²) in [6.07, 6.45) is -4.63. The number of halogens is 3. The predicted molar refractivity (Wildman–Crippen MR) is 72.2 cm³/mol. The Bertz CT molecular complexity index is 597. The molecule has 0 amide bonds. The van der Waals surface area contributed by atoms with Gasteiger partial charge in [0.05, 0.1) is 11.5 Å². The number of nitrogens with zero attached hydrogens (tertiary/aromatic N) is 1. The molecule has 1 N–H and O–H groups in total. The second kappa shape index (κ2) is 6.33. The lowest BCUT2D eigenvalue weighted by Gasteiger charge is -2.27. The van der Waals surface area contributed by atoms with Gasteiger partial charge in [-0.25, -0.2) is 8.42 Å². The van der Waals surface area contributed by atoms with Crippen LogP contribution < -0.4 is 0 Å². The highest BCUT2D eigenvalue weighted by Gasteiger charge is 2.39. The third kappa shape index (κ3) is 4.18. The predicted octanol–water partition coefficient (Wildman–Crippen LogP) is 2.45. The first-order valence-corrected chi connectivity index (χ1v) is 7.72. The normalized spacial score (nSPS) is 13.2. The van der Waals surface area contributed by atoms with Gasteiger partial charge in [0.15, 0.2) is 0 Å². The standard InChI is InChI=1S/C13H18F3NO3S/c1-9(2)17(8-13(14,15)16)21(19,20)12-6-4-5-11(7-18)10(12)3/h4-6,9,18H,7-8H2,1-3H3. The van der Waals surface area contributed by atoms with E-state index in [4.69, 9.17) is 5.11 Å². The van der Waals surface area contributed by atoms with E-state index in [0.717, 1.165) is 0 Å². The number of benzene rings is 1. The van der Waals surface area contributed by atoms with E-state index in [1.807, 2.05) is 0 Å². The summed E-state index contributed by atoms with van der Waals surface area (Å²) >= 11 is 0. The molecule has 0 atom stereocenters. The molecule has 0 unspecified atom stereocenters. The van der Waals surface area contributed by atoms with Crippen molar-refractivity contribution in [2.45, 2.75) is 44.5 Å². The van der Waals surface area contributed by atoms with Crippen LogP contribution in [-0.2, 0) is 16.6 Å². The molecule has 0 heterocycles. The van der Waals surface area contributed by atoms with Crippen LogP contribution in [0.5, 0.6) is 0 Å². The number of rotatable bonds is 5. The lowest BCUT2D eigenvalue weighted by Crippen LogP contribution is -2.43. The van der Waals surface area contributed by atoms with Gasteiger partial charge in [0.25, 0.3) is 0 Å². The van der Waals surface area contributed by atoms with E-state index in [0.29, 0.717) is 9.87 Å². The van der Waals surface area contributed by atoms with Crippen molar-refractivity contribution in [3.8, 4) is 0 Å². The average molecular weight is 325 g/mol. The van der Waals surface area contributed by atoms with Crippen LogP contribution >= 0.6 is 0 Å². The summed E-state index contributed by atoms with van der Waals surface area (Å²) in [6.45, 7) is 2.31. The van der Waals surface area contributed by atoms with Gasteiger partial charge in [-0.15, -0.1) is 0 Å². The quantitative estimate of drug-likeness (QED) is 0.905. The third-order valence-electron chi connectivity index (χ3n) is 3.06. The maximum absolute atomic E-state index is 12.6. The Morgan fingerprint density at radius 2 is 1.86 bits per heavy atom. The van der Waals surface area contributed by atoms with Crippen LogP contribution in [0.25, 0.3) is 0 Å². The zero-order valence-corrected chi connectivity index (χ0v) is 12.8. The van der Waals surface area contributed by atoms with Gasteiger partial charge in [-0.3, -0.25) is 0 Å². The van der Waals surface area contributed by atoms with Gasteiger partial charge in [-0.2, -0.15) is 17.5 Å². The van der Waals surface area contributed by atoms with E-state index in [-0.39, 0.29) is 17.1 Å². The Hall–Kier alpha value is -1.12. The molecule has 0 saturated heterocycles. The summed E-state index contributed by atoms with van der Waals surface area (Å²) < 4.78 is 63.2. The van der Waals surface area contributed by atoms with Crippen LogP contribution in [0.1, 0.15) is 25.0 Å². The molecule has 0 spiro atoms. The number of hydrogen-bond donors (Lipinski definition) is 1. The van der Waals surface area contributed by atoms with Crippen molar-refractivity contribution in [3.05, 3.63) is 29.3 Å². The molecule has 120 valence electrons. The van der Waals surface area contributed by atoms with Crippen molar-refractivity contribution in [2.75, 3.05) is 6.54 Å². The summed E-state index contributed by atoms with van der Waals surface area (Å²) in [5, 5.41) is 9.15. The van der Waals surface area contributed by atoms with E-state index < -0.39 is 28.8 Å². The number of aliphatic hydroxyl groups excluding tert-OH is 1. The lowest BCUT2D eigenvalue weighted by atomic mass is 10.1. The maximum atomic E-state index is 12.6. The average Bonchev–Trinajstić information content (AvgIpc) is 2.34. The highest BCUT2D eigenvalue weighted by molar-refractivity contribution is 7.89. The minimum atomic E-state index is -4.63.